The fourth-order valence-corrected chi connectivity index (χ4v) is 3.95. The van der Waals surface area contributed by atoms with E-state index in [0.717, 1.165) is 21.9 Å². The van der Waals surface area contributed by atoms with E-state index in [1.807, 2.05) is 37.3 Å². The van der Waals surface area contributed by atoms with Crippen LogP contribution in [0.2, 0.25) is 0 Å². The summed E-state index contributed by atoms with van der Waals surface area (Å²) < 4.78 is 17.5. The van der Waals surface area contributed by atoms with Crippen molar-refractivity contribution in [3.63, 3.8) is 0 Å². The number of carbonyl (C=O) groups excluding carboxylic acids is 1. The molecule has 4 rings (SSSR count). The van der Waals surface area contributed by atoms with Gasteiger partial charge in [-0.1, -0.05) is 0 Å². The van der Waals surface area contributed by atoms with E-state index in [-0.39, 0.29) is 18.7 Å². The molecule has 0 N–H and O–H groups in total. The van der Waals surface area contributed by atoms with Crippen LogP contribution in [0.4, 0.5) is 0 Å². The Kier molecular flexibility index (Phi) is 5.37. The van der Waals surface area contributed by atoms with Crippen LogP contribution in [0.25, 0.3) is 20.7 Å². The number of benzene rings is 1. The highest BCUT2D eigenvalue weighted by molar-refractivity contribution is 7.22. The first-order chi connectivity index (χ1) is 14.4. The number of ether oxygens (including phenoxy) is 2. The van der Waals surface area contributed by atoms with Crippen LogP contribution in [-0.2, 0) is 22.7 Å². The standard InChI is InChI=1S/C21H19N3O5S/c1-12-13(2)29-18(23-12)10-28-19(25)9-24-11-22-16-8-17(30-20(16)21(24)26)14-4-6-15(27-3)7-5-14/h4-8,11H,9-10H2,1-3H3. The lowest BCUT2D eigenvalue weighted by Gasteiger charge is -2.05. The molecule has 154 valence electrons. The third-order valence-corrected chi connectivity index (χ3v) is 5.77. The summed E-state index contributed by atoms with van der Waals surface area (Å²) in [6.45, 7) is 3.27. The second kappa shape index (κ2) is 8.11. The van der Waals surface area contributed by atoms with Crippen molar-refractivity contribution in [2.24, 2.45) is 0 Å². The van der Waals surface area contributed by atoms with Gasteiger partial charge in [-0.15, -0.1) is 11.3 Å². The van der Waals surface area contributed by atoms with Gasteiger partial charge in [0.1, 0.15) is 22.8 Å². The molecule has 0 atom stereocenters. The fraction of sp³-hybridized carbons (Fsp3) is 0.238. The topological polar surface area (TPSA) is 96.5 Å². The van der Waals surface area contributed by atoms with E-state index in [0.29, 0.717) is 21.9 Å². The lowest BCUT2D eigenvalue weighted by Crippen LogP contribution is -2.25. The number of thiophene rings is 1. The molecule has 0 unspecified atom stereocenters. The van der Waals surface area contributed by atoms with Gasteiger partial charge in [-0.3, -0.25) is 14.2 Å². The summed E-state index contributed by atoms with van der Waals surface area (Å²) in [5.74, 6) is 1.19. The molecule has 0 amide bonds. The molecule has 0 aliphatic rings. The van der Waals surface area contributed by atoms with Gasteiger partial charge >= 0.3 is 5.97 Å². The molecule has 3 aromatic heterocycles. The second-order valence-corrected chi connectivity index (χ2v) is 7.69. The lowest BCUT2D eigenvalue weighted by atomic mass is 10.2. The van der Waals surface area contributed by atoms with Crippen LogP contribution in [0.3, 0.4) is 0 Å². The van der Waals surface area contributed by atoms with Gasteiger partial charge < -0.3 is 13.9 Å². The molecule has 0 aliphatic heterocycles. The number of rotatable bonds is 6. The van der Waals surface area contributed by atoms with E-state index in [2.05, 4.69) is 9.97 Å². The maximum absolute atomic E-state index is 12.8. The number of methoxy groups -OCH3 is 1. The molecule has 0 bridgehead atoms. The summed E-state index contributed by atoms with van der Waals surface area (Å²) in [5.41, 5.74) is 2.01. The first-order valence-electron chi connectivity index (χ1n) is 9.16. The van der Waals surface area contributed by atoms with Gasteiger partial charge in [0.2, 0.25) is 5.89 Å². The van der Waals surface area contributed by atoms with Crippen LogP contribution in [0, 0.1) is 13.8 Å². The van der Waals surface area contributed by atoms with Crippen molar-refractivity contribution in [1.82, 2.24) is 14.5 Å². The third kappa shape index (κ3) is 3.97. The lowest BCUT2D eigenvalue weighted by molar-refractivity contribution is -0.146. The highest BCUT2D eigenvalue weighted by atomic mass is 32.1. The highest BCUT2D eigenvalue weighted by Crippen LogP contribution is 2.31. The Morgan fingerprint density at radius 3 is 2.67 bits per heavy atom. The molecule has 0 radical (unpaired) electrons. The Morgan fingerprint density at radius 1 is 1.23 bits per heavy atom. The minimum Gasteiger partial charge on any atom is -0.497 e. The Balaban J connectivity index is 1.51. The number of carbonyl (C=O) groups is 1. The molecule has 0 aliphatic carbocycles. The fourth-order valence-electron chi connectivity index (χ4n) is 2.88. The van der Waals surface area contributed by atoms with Crippen molar-refractivity contribution < 1.29 is 18.7 Å². The molecule has 0 fully saturated rings. The molecule has 0 saturated carbocycles. The molecule has 8 nitrogen and oxygen atoms in total. The molecule has 9 heteroatoms. The molecule has 4 aromatic rings. The summed E-state index contributed by atoms with van der Waals surface area (Å²) in [4.78, 5) is 34.4. The molecule has 3 heterocycles. The van der Waals surface area contributed by atoms with E-state index in [1.165, 1.54) is 22.2 Å². The van der Waals surface area contributed by atoms with Crippen LogP contribution in [0.15, 0.2) is 45.9 Å². The van der Waals surface area contributed by atoms with Crippen LogP contribution >= 0.6 is 11.3 Å². The first kappa shape index (κ1) is 19.8. The van der Waals surface area contributed by atoms with Gasteiger partial charge in [0.15, 0.2) is 6.61 Å². The van der Waals surface area contributed by atoms with Crippen molar-refractivity contribution in [2.45, 2.75) is 27.0 Å². The Labute approximate surface area is 175 Å². The van der Waals surface area contributed by atoms with E-state index >= 15 is 0 Å². The zero-order valence-corrected chi connectivity index (χ0v) is 17.5. The molecular formula is C21H19N3O5S. The Bertz CT molecular complexity index is 1250. The summed E-state index contributed by atoms with van der Waals surface area (Å²) >= 11 is 1.33. The number of oxazole rings is 1. The highest BCUT2D eigenvalue weighted by Gasteiger charge is 2.14. The van der Waals surface area contributed by atoms with Crippen LogP contribution in [-0.4, -0.2) is 27.6 Å². The largest absolute Gasteiger partial charge is 0.497 e. The number of nitrogens with zero attached hydrogens (tertiary/aromatic N) is 3. The van der Waals surface area contributed by atoms with Crippen LogP contribution < -0.4 is 10.3 Å². The van der Waals surface area contributed by atoms with Crippen molar-refractivity contribution in [1.29, 1.82) is 0 Å². The summed E-state index contributed by atoms with van der Waals surface area (Å²) in [6, 6.07) is 9.42. The summed E-state index contributed by atoms with van der Waals surface area (Å²) in [7, 11) is 1.61. The SMILES string of the molecule is COc1ccc(-c2cc3ncn(CC(=O)OCc4nc(C)c(C)o4)c(=O)c3s2)cc1. The van der Waals surface area contributed by atoms with Gasteiger partial charge in [-0.25, -0.2) is 9.97 Å². The minimum atomic E-state index is -0.571. The van der Waals surface area contributed by atoms with Crippen molar-refractivity contribution in [3.05, 3.63) is 64.4 Å². The predicted octanol–water partition coefficient (Wildman–Crippen LogP) is 3.48. The zero-order chi connectivity index (χ0) is 21.3. The van der Waals surface area contributed by atoms with Crippen molar-refractivity contribution >= 4 is 27.5 Å². The number of aryl methyl sites for hydroxylation is 2. The van der Waals surface area contributed by atoms with Crippen molar-refractivity contribution in [2.75, 3.05) is 7.11 Å². The molecule has 1 aromatic carbocycles. The average Bonchev–Trinajstić information content (AvgIpc) is 3.32. The molecule has 30 heavy (non-hydrogen) atoms. The first-order valence-corrected chi connectivity index (χ1v) is 9.98. The Hall–Kier alpha value is -3.46. The van der Waals surface area contributed by atoms with Crippen LogP contribution in [0.5, 0.6) is 5.75 Å². The number of aromatic nitrogens is 3. The Morgan fingerprint density at radius 2 is 2.00 bits per heavy atom. The normalized spacial score (nSPS) is 11.0. The van der Waals surface area contributed by atoms with Gasteiger partial charge in [0, 0.05) is 4.88 Å². The average molecular weight is 425 g/mol. The van der Waals surface area contributed by atoms with Gasteiger partial charge in [-0.05, 0) is 49.7 Å². The van der Waals surface area contributed by atoms with Crippen molar-refractivity contribution in [3.8, 4) is 16.2 Å². The number of hydrogen-bond donors (Lipinski definition) is 0. The predicted molar refractivity (Wildman–Crippen MR) is 112 cm³/mol. The van der Waals surface area contributed by atoms with Gasteiger partial charge in [-0.2, -0.15) is 0 Å². The number of hydrogen-bond acceptors (Lipinski definition) is 8. The van der Waals surface area contributed by atoms with Gasteiger partial charge in [0.05, 0.1) is 24.6 Å². The quantitative estimate of drug-likeness (QED) is 0.436. The van der Waals surface area contributed by atoms with E-state index in [9.17, 15) is 9.59 Å². The monoisotopic (exact) mass is 425 g/mol. The third-order valence-electron chi connectivity index (χ3n) is 4.61. The maximum Gasteiger partial charge on any atom is 0.326 e. The zero-order valence-electron chi connectivity index (χ0n) is 16.7. The number of esters is 1. The summed E-state index contributed by atoms with van der Waals surface area (Å²) in [5, 5.41) is 0. The molecule has 0 saturated heterocycles. The molecule has 0 spiro atoms. The van der Waals surface area contributed by atoms with Gasteiger partial charge in [0.25, 0.3) is 5.56 Å². The van der Waals surface area contributed by atoms with Crippen LogP contribution in [0.1, 0.15) is 17.3 Å². The van der Waals surface area contributed by atoms with E-state index < -0.39 is 5.97 Å². The second-order valence-electron chi connectivity index (χ2n) is 6.64. The number of fused-ring (bicyclic) bond motifs is 1. The minimum absolute atomic E-state index is 0.0848. The molecular weight excluding hydrogens is 406 g/mol. The van der Waals surface area contributed by atoms with E-state index in [4.69, 9.17) is 13.9 Å². The summed E-state index contributed by atoms with van der Waals surface area (Å²) in [6.07, 6.45) is 1.36. The smallest absolute Gasteiger partial charge is 0.326 e. The maximum atomic E-state index is 12.8. The van der Waals surface area contributed by atoms with E-state index in [1.54, 1.807) is 14.0 Å².